The average Bonchev–Trinajstić information content (AvgIpc) is 3.27. The van der Waals surface area contributed by atoms with Crippen molar-refractivity contribution in [2.75, 3.05) is 19.6 Å². The smallest absolute Gasteiger partial charge is 0.220 e. The molecular weight excluding hydrogens is 432 g/mol. The maximum Gasteiger partial charge on any atom is 0.220 e. The molecule has 5 nitrogen and oxygen atoms in total. The summed E-state index contributed by atoms with van der Waals surface area (Å²) in [7, 11) is 0. The molecule has 1 fully saturated rings. The first kappa shape index (κ1) is 23.3. The van der Waals surface area contributed by atoms with Crippen molar-refractivity contribution in [2.45, 2.75) is 38.1 Å². The molecule has 1 aliphatic heterocycles. The summed E-state index contributed by atoms with van der Waals surface area (Å²) in [5.41, 5.74) is 4.70. The molecule has 5 rings (SSSR count). The highest BCUT2D eigenvalue weighted by atomic mass is 16.1. The number of carbonyl (C=O) groups is 1. The minimum absolute atomic E-state index is 0.0514. The summed E-state index contributed by atoms with van der Waals surface area (Å²) >= 11 is 0. The first-order valence-corrected chi connectivity index (χ1v) is 12.8. The summed E-state index contributed by atoms with van der Waals surface area (Å²) in [6.07, 6.45) is 9.80. The lowest BCUT2D eigenvalue weighted by Crippen LogP contribution is -2.31. The topological polar surface area (TPSA) is 59.0 Å². The predicted molar refractivity (Wildman–Crippen MR) is 141 cm³/mol. The molecule has 0 saturated carbocycles. The lowest BCUT2D eigenvalue weighted by Gasteiger charge is -2.23. The zero-order valence-corrected chi connectivity index (χ0v) is 20.2. The zero-order chi connectivity index (χ0) is 23.9. The first-order chi connectivity index (χ1) is 17.3. The van der Waals surface area contributed by atoms with Gasteiger partial charge in [-0.2, -0.15) is 0 Å². The van der Waals surface area contributed by atoms with Crippen LogP contribution in [0.2, 0.25) is 0 Å². The summed E-state index contributed by atoms with van der Waals surface area (Å²) in [4.78, 5) is 17.5. The van der Waals surface area contributed by atoms with Gasteiger partial charge in [-0.1, -0.05) is 54.6 Å². The van der Waals surface area contributed by atoms with Gasteiger partial charge >= 0.3 is 0 Å². The molecule has 4 aromatic rings. The second kappa shape index (κ2) is 11.3. The number of carbonyl (C=O) groups excluding carboxylic acids is 1. The molecule has 0 radical (unpaired) electrons. The minimum atomic E-state index is -0.0514. The lowest BCUT2D eigenvalue weighted by molar-refractivity contribution is -0.121. The van der Waals surface area contributed by atoms with E-state index >= 15 is 0 Å². The van der Waals surface area contributed by atoms with Crippen molar-refractivity contribution < 1.29 is 4.79 Å². The van der Waals surface area contributed by atoms with E-state index in [1.54, 1.807) is 6.20 Å². The highest BCUT2D eigenvalue weighted by Gasteiger charge is 2.23. The van der Waals surface area contributed by atoms with Gasteiger partial charge in [0.05, 0.1) is 0 Å². The summed E-state index contributed by atoms with van der Waals surface area (Å²) in [5, 5.41) is 7.82. The van der Waals surface area contributed by atoms with Gasteiger partial charge in [-0.05, 0) is 67.1 Å². The molecule has 1 aliphatic rings. The van der Waals surface area contributed by atoms with E-state index < -0.39 is 0 Å². The van der Waals surface area contributed by atoms with Crippen molar-refractivity contribution in [3.63, 3.8) is 0 Å². The summed E-state index contributed by atoms with van der Waals surface area (Å²) in [5.74, 6) is 0.763. The monoisotopic (exact) mass is 466 g/mol. The van der Waals surface area contributed by atoms with Crippen LogP contribution in [0.5, 0.6) is 0 Å². The quantitative estimate of drug-likeness (QED) is 0.360. The Morgan fingerprint density at radius 2 is 1.83 bits per heavy atom. The second-order valence-corrected chi connectivity index (χ2v) is 9.59. The number of amides is 1. The van der Waals surface area contributed by atoms with Crippen LogP contribution in [-0.2, 0) is 11.3 Å². The number of benzene rings is 2. The molecule has 1 amide bonds. The van der Waals surface area contributed by atoms with E-state index in [1.807, 2.05) is 18.3 Å². The van der Waals surface area contributed by atoms with Gasteiger partial charge in [0.25, 0.3) is 0 Å². The standard InChI is InChI=1S/C30H34N4O/c35-30(33-18-14-23-12-16-31-17-13-23)19-27(25-9-6-15-32-20-25)28-22-34(21-24-7-2-1-3-8-24)29-11-5-4-10-26(28)29/h1-11,15,20,22-23,27,31H,12-14,16-19,21H2,(H,33,35). The molecular formula is C30H34N4O. The molecule has 1 saturated heterocycles. The van der Waals surface area contributed by atoms with Gasteiger partial charge in [-0.15, -0.1) is 0 Å². The zero-order valence-electron chi connectivity index (χ0n) is 20.2. The fraction of sp³-hybridized carbons (Fsp3) is 0.333. The fourth-order valence-corrected chi connectivity index (χ4v) is 5.30. The van der Waals surface area contributed by atoms with E-state index in [0.29, 0.717) is 12.3 Å². The van der Waals surface area contributed by atoms with Crippen LogP contribution >= 0.6 is 0 Å². The van der Waals surface area contributed by atoms with E-state index in [-0.39, 0.29) is 11.8 Å². The van der Waals surface area contributed by atoms with Gasteiger partial charge in [0.2, 0.25) is 5.91 Å². The van der Waals surface area contributed by atoms with E-state index in [2.05, 4.69) is 81.0 Å². The van der Waals surface area contributed by atoms with Gasteiger partial charge in [0.15, 0.2) is 0 Å². The Bertz CT molecular complexity index is 1230. The number of rotatable bonds is 9. The highest BCUT2D eigenvalue weighted by molar-refractivity contribution is 5.86. The molecule has 2 aromatic heterocycles. The van der Waals surface area contributed by atoms with Crippen molar-refractivity contribution in [2.24, 2.45) is 5.92 Å². The Hall–Kier alpha value is -3.44. The average molecular weight is 467 g/mol. The Balaban J connectivity index is 1.39. The number of hydrogen-bond acceptors (Lipinski definition) is 3. The third kappa shape index (κ3) is 5.80. The molecule has 5 heteroatoms. The van der Waals surface area contributed by atoms with Crippen LogP contribution in [0.15, 0.2) is 85.3 Å². The van der Waals surface area contributed by atoms with E-state index in [0.717, 1.165) is 38.2 Å². The molecule has 0 aliphatic carbocycles. The van der Waals surface area contributed by atoms with Gasteiger partial charge in [-0.3, -0.25) is 9.78 Å². The summed E-state index contributed by atoms with van der Waals surface area (Å²) in [6, 6.07) is 23.1. The van der Waals surface area contributed by atoms with Crippen LogP contribution in [0.25, 0.3) is 10.9 Å². The van der Waals surface area contributed by atoms with Crippen molar-refractivity contribution >= 4 is 16.8 Å². The van der Waals surface area contributed by atoms with Gasteiger partial charge in [-0.25, -0.2) is 0 Å². The highest BCUT2D eigenvalue weighted by Crippen LogP contribution is 2.35. The number of piperidine rings is 1. The Labute approximate surface area is 207 Å². The largest absolute Gasteiger partial charge is 0.356 e. The second-order valence-electron chi connectivity index (χ2n) is 9.59. The Morgan fingerprint density at radius 1 is 1.03 bits per heavy atom. The summed E-state index contributed by atoms with van der Waals surface area (Å²) in [6.45, 7) is 3.73. The lowest BCUT2D eigenvalue weighted by atomic mass is 9.89. The van der Waals surface area contributed by atoms with Crippen LogP contribution in [0.3, 0.4) is 0 Å². The van der Waals surface area contributed by atoms with Crippen molar-refractivity contribution in [3.05, 3.63) is 102 Å². The number of hydrogen-bond donors (Lipinski definition) is 2. The molecule has 2 aromatic carbocycles. The van der Waals surface area contributed by atoms with E-state index in [4.69, 9.17) is 0 Å². The molecule has 180 valence electrons. The molecule has 3 heterocycles. The van der Waals surface area contributed by atoms with E-state index in [1.165, 1.54) is 34.9 Å². The van der Waals surface area contributed by atoms with Crippen LogP contribution in [0, 0.1) is 5.92 Å². The van der Waals surface area contributed by atoms with E-state index in [9.17, 15) is 4.79 Å². The number of nitrogens with zero attached hydrogens (tertiary/aromatic N) is 2. The normalized spacial score (nSPS) is 15.2. The third-order valence-corrected chi connectivity index (χ3v) is 7.20. The van der Waals surface area contributed by atoms with Crippen molar-refractivity contribution in [1.82, 2.24) is 20.2 Å². The number of aromatic nitrogens is 2. The number of nitrogens with one attached hydrogen (secondary N) is 2. The molecule has 35 heavy (non-hydrogen) atoms. The van der Waals surface area contributed by atoms with Crippen molar-refractivity contribution in [1.29, 1.82) is 0 Å². The van der Waals surface area contributed by atoms with Gasteiger partial charge < -0.3 is 15.2 Å². The molecule has 1 atom stereocenters. The first-order valence-electron chi connectivity index (χ1n) is 12.8. The Morgan fingerprint density at radius 3 is 2.63 bits per heavy atom. The number of para-hydroxylation sites is 1. The molecule has 0 bridgehead atoms. The summed E-state index contributed by atoms with van der Waals surface area (Å²) < 4.78 is 2.30. The SMILES string of the molecule is O=C(CC(c1cccnc1)c1cn(Cc2ccccc2)c2ccccc12)NCCC1CCNCC1. The van der Waals surface area contributed by atoms with Gasteiger partial charge in [0, 0.05) is 54.9 Å². The van der Waals surface area contributed by atoms with Crippen LogP contribution in [-0.4, -0.2) is 35.1 Å². The van der Waals surface area contributed by atoms with Crippen LogP contribution in [0.4, 0.5) is 0 Å². The molecule has 2 N–H and O–H groups in total. The minimum Gasteiger partial charge on any atom is -0.356 e. The number of fused-ring (bicyclic) bond motifs is 1. The van der Waals surface area contributed by atoms with Crippen LogP contribution in [0.1, 0.15) is 48.3 Å². The van der Waals surface area contributed by atoms with Crippen molar-refractivity contribution in [3.8, 4) is 0 Å². The fourth-order valence-electron chi connectivity index (χ4n) is 5.30. The third-order valence-electron chi connectivity index (χ3n) is 7.20. The number of pyridine rings is 1. The predicted octanol–water partition coefficient (Wildman–Crippen LogP) is 5.11. The van der Waals surface area contributed by atoms with Crippen LogP contribution < -0.4 is 10.6 Å². The maximum atomic E-state index is 13.1. The maximum absolute atomic E-state index is 13.1. The molecule has 1 unspecified atom stereocenters. The van der Waals surface area contributed by atoms with Gasteiger partial charge in [0.1, 0.15) is 0 Å². The molecule has 0 spiro atoms. The Kier molecular flexibility index (Phi) is 7.54.